The third-order valence-corrected chi connectivity index (χ3v) is 12.9. The monoisotopic (exact) mass is 247 g/mol. The predicted molar refractivity (Wildman–Crippen MR) is 66.2 cm³/mol. The van der Waals surface area contributed by atoms with Crippen LogP contribution in [0, 0.1) is 0 Å². The van der Waals surface area contributed by atoms with Crippen LogP contribution < -0.4 is 5.73 Å². The van der Waals surface area contributed by atoms with Crippen LogP contribution in [0.4, 0.5) is 0 Å². The van der Waals surface area contributed by atoms with Crippen LogP contribution in [0.2, 0.25) is 43.9 Å². The molecule has 3 N–H and O–H groups in total. The Balaban J connectivity index is 5.97. The molecule has 0 aromatic rings. The van der Waals surface area contributed by atoms with E-state index in [4.69, 9.17) is 5.73 Å². The molecule has 0 fully saturated rings. The van der Waals surface area contributed by atoms with Crippen molar-refractivity contribution in [3.63, 3.8) is 0 Å². The molecule has 1 amide bonds. The number of amides is 1. The van der Waals surface area contributed by atoms with Crippen LogP contribution >= 0.6 is 0 Å². The molecule has 0 unspecified atom stereocenters. The average Bonchev–Trinajstić information content (AvgIpc) is 1.75. The minimum Gasteiger partial charge on any atom is -0.481 e. The van der Waals surface area contributed by atoms with E-state index in [1.807, 2.05) is 39.3 Å². The minimum atomic E-state index is -2.21. The molecule has 0 atom stereocenters. The van der Waals surface area contributed by atoms with Crippen molar-refractivity contribution in [2.45, 2.75) is 43.9 Å². The lowest BCUT2D eigenvalue weighted by Crippen LogP contribution is -2.64. The highest BCUT2D eigenvalue weighted by Crippen LogP contribution is 2.46. The number of hydrogen-bond donors (Lipinski definition) is 2. The first-order chi connectivity index (χ1) is 6.39. The van der Waals surface area contributed by atoms with Gasteiger partial charge in [0.25, 0.3) is 0 Å². The summed E-state index contributed by atoms with van der Waals surface area (Å²) in [6, 6.07) is 0. The first-order valence-corrected chi connectivity index (χ1v) is 11.9. The van der Waals surface area contributed by atoms with E-state index in [2.05, 4.69) is 0 Å². The maximum absolute atomic E-state index is 11.7. The quantitative estimate of drug-likeness (QED) is 0.584. The Labute approximate surface area is 92.9 Å². The molecule has 0 aliphatic heterocycles. The van der Waals surface area contributed by atoms with Crippen molar-refractivity contribution in [1.29, 1.82) is 0 Å². The Hall–Kier alpha value is -0.626. The van der Waals surface area contributed by atoms with Crippen LogP contribution in [0.15, 0.2) is 0 Å². The van der Waals surface area contributed by atoms with Crippen molar-refractivity contribution < 1.29 is 14.7 Å². The van der Waals surface area contributed by atoms with Gasteiger partial charge in [-0.1, -0.05) is 39.3 Å². The molecule has 0 aliphatic rings. The second kappa shape index (κ2) is 3.75. The summed E-state index contributed by atoms with van der Waals surface area (Å²) in [6.07, 6.45) is 0. The first-order valence-electron chi connectivity index (χ1n) is 4.92. The normalized spacial score (nSPS) is 13.7. The van der Waals surface area contributed by atoms with E-state index in [0.717, 1.165) is 0 Å². The molecule has 0 bridgehead atoms. The highest BCUT2D eigenvalue weighted by atomic mass is 28.4. The minimum absolute atomic E-state index is 0.659. The third kappa shape index (κ3) is 2.01. The predicted octanol–water partition coefficient (Wildman–Crippen LogP) is 1.51. The second-order valence-corrected chi connectivity index (χ2v) is 16.9. The highest BCUT2D eigenvalue weighted by Gasteiger charge is 2.62. The van der Waals surface area contributed by atoms with E-state index in [1.54, 1.807) is 0 Å². The topological polar surface area (TPSA) is 80.4 Å². The Morgan fingerprint density at radius 2 is 1.27 bits per heavy atom. The maximum atomic E-state index is 11.7. The van der Waals surface area contributed by atoms with Crippen LogP contribution in [0.3, 0.4) is 0 Å². The number of primary amides is 1. The van der Waals surface area contributed by atoms with Gasteiger partial charge in [-0.25, -0.2) is 0 Å². The van der Waals surface area contributed by atoms with Crippen molar-refractivity contribution in [3.05, 3.63) is 0 Å². The van der Waals surface area contributed by atoms with Gasteiger partial charge in [-0.3, -0.25) is 9.59 Å². The molecular formula is C9H21NO3Si2. The smallest absolute Gasteiger partial charge is 0.313 e. The summed E-state index contributed by atoms with van der Waals surface area (Å²) in [7, 11) is -4.42. The number of rotatable bonds is 4. The highest BCUT2D eigenvalue weighted by molar-refractivity contribution is 7.06. The van der Waals surface area contributed by atoms with Crippen LogP contribution in [0.1, 0.15) is 0 Å². The zero-order chi connectivity index (χ0) is 12.7. The molecule has 0 heterocycles. The van der Waals surface area contributed by atoms with Crippen LogP contribution in [0.25, 0.3) is 0 Å². The van der Waals surface area contributed by atoms with E-state index < -0.39 is 32.7 Å². The number of carboxylic acids is 1. The molecule has 0 saturated carbocycles. The van der Waals surface area contributed by atoms with Crippen LogP contribution in [0.5, 0.6) is 0 Å². The van der Waals surface area contributed by atoms with E-state index >= 15 is 0 Å². The Morgan fingerprint density at radius 3 is 1.27 bits per heavy atom. The van der Waals surface area contributed by atoms with E-state index in [9.17, 15) is 14.7 Å². The second-order valence-electron chi connectivity index (χ2n) is 5.92. The lowest BCUT2D eigenvalue weighted by atomic mass is 10.4. The van der Waals surface area contributed by atoms with Crippen molar-refractivity contribution in [2.24, 2.45) is 5.73 Å². The lowest BCUT2D eigenvalue weighted by Gasteiger charge is -2.45. The maximum Gasteiger partial charge on any atom is 0.313 e. The number of carbonyl (C=O) groups excluding carboxylic acids is 1. The molecule has 0 radical (unpaired) electrons. The van der Waals surface area contributed by atoms with Gasteiger partial charge in [-0.05, 0) is 0 Å². The van der Waals surface area contributed by atoms with Crippen molar-refractivity contribution in [2.75, 3.05) is 0 Å². The fourth-order valence-electron chi connectivity index (χ4n) is 2.61. The number of aliphatic carboxylic acids is 1. The van der Waals surface area contributed by atoms with Gasteiger partial charge in [-0.2, -0.15) is 0 Å². The molecule has 0 aliphatic carbocycles. The first kappa shape index (κ1) is 14.4. The zero-order valence-electron chi connectivity index (χ0n) is 10.3. The third-order valence-electron chi connectivity index (χ3n) is 2.94. The van der Waals surface area contributed by atoms with Crippen LogP contribution in [-0.4, -0.2) is 33.1 Å². The summed E-state index contributed by atoms with van der Waals surface area (Å²) in [4.78, 5) is 23.2. The standard InChI is InChI=1S/C9H21NO3Si2/c1-14(2,3)9(7(10)11,8(12)13)15(4,5)6/h1-6H3,(H2,10,11)(H,12,13). The molecular weight excluding hydrogens is 226 g/mol. The SMILES string of the molecule is C[Si](C)(C)C(C(N)=O)(C(=O)O)[Si](C)(C)C. The number of carboxylic acid groups (broad SMARTS) is 1. The zero-order valence-corrected chi connectivity index (χ0v) is 12.3. The number of carbonyl (C=O) groups is 2. The molecule has 0 aromatic carbocycles. The van der Waals surface area contributed by atoms with Crippen molar-refractivity contribution in [1.82, 2.24) is 0 Å². The van der Waals surface area contributed by atoms with E-state index in [0.29, 0.717) is 0 Å². The van der Waals surface area contributed by atoms with Gasteiger partial charge in [0.2, 0.25) is 5.91 Å². The lowest BCUT2D eigenvalue weighted by molar-refractivity contribution is -0.142. The van der Waals surface area contributed by atoms with Gasteiger partial charge in [0.1, 0.15) is 4.66 Å². The molecule has 4 nitrogen and oxygen atoms in total. The van der Waals surface area contributed by atoms with E-state index in [1.165, 1.54) is 0 Å². The molecule has 0 aromatic heterocycles. The summed E-state index contributed by atoms with van der Waals surface area (Å²) in [5, 5.41) is 9.43. The van der Waals surface area contributed by atoms with Gasteiger partial charge in [0.05, 0.1) is 16.1 Å². The summed E-state index contributed by atoms with van der Waals surface area (Å²) < 4.78 is -1.29. The van der Waals surface area contributed by atoms with Crippen LogP contribution in [-0.2, 0) is 9.59 Å². The number of nitrogens with two attached hydrogens (primary N) is 1. The Kier molecular flexibility index (Phi) is 3.59. The van der Waals surface area contributed by atoms with Gasteiger partial charge in [0.15, 0.2) is 0 Å². The van der Waals surface area contributed by atoms with E-state index in [-0.39, 0.29) is 0 Å². The molecule has 15 heavy (non-hydrogen) atoms. The van der Waals surface area contributed by atoms with Gasteiger partial charge < -0.3 is 10.8 Å². The molecule has 0 spiro atoms. The van der Waals surface area contributed by atoms with Crippen molar-refractivity contribution >= 4 is 28.0 Å². The number of hydrogen-bond acceptors (Lipinski definition) is 2. The summed E-state index contributed by atoms with van der Waals surface area (Å²) in [6.45, 7) is 11.4. The van der Waals surface area contributed by atoms with Crippen molar-refractivity contribution in [3.8, 4) is 0 Å². The summed E-state index contributed by atoms with van der Waals surface area (Å²) >= 11 is 0. The van der Waals surface area contributed by atoms with Gasteiger partial charge in [0, 0.05) is 0 Å². The summed E-state index contributed by atoms with van der Waals surface area (Å²) in [5.41, 5.74) is 5.39. The fourth-order valence-corrected chi connectivity index (χ4v) is 14.4. The molecule has 0 rings (SSSR count). The van der Waals surface area contributed by atoms with Gasteiger partial charge >= 0.3 is 5.97 Å². The Bertz CT molecular complexity index is 259. The molecule has 6 heteroatoms. The summed E-state index contributed by atoms with van der Waals surface area (Å²) in [5.74, 6) is -1.69. The van der Waals surface area contributed by atoms with Gasteiger partial charge in [-0.15, -0.1) is 0 Å². The molecule has 0 saturated heterocycles. The Morgan fingerprint density at radius 1 is 1.00 bits per heavy atom. The largest absolute Gasteiger partial charge is 0.481 e. The molecule has 88 valence electrons. The fraction of sp³-hybridized carbons (Fsp3) is 0.778. The average molecular weight is 247 g/mol.